The third kappa shape index (κ3) is 3.03. The monoisotopic (exact) mass is 412 g/mol. The van der Waals surface area contributed by atoms with Crippen LogP contribution in [0.15, 0.2) is 71.7 Å². The van der Waals surface area contributed by atoms with Gasteiger partial charge in [-0.15, -0.1) is 0 Å². The Morgan fingerprint density at radius 1 is 1.03 bits per heavy atom. The first-order chi connectivity index (χ1) is 14.9. The molecule has 2 heterocycles. The average molecular weight is 412 g/mol. The summed E-state index contributed by atoms with van der Waals surface area (Å²) in [5.74, 6) is 0.718. The molecular formula is C25H24N4O2. The molecule has 3 aromatic rings. The Bertz CT molecular complexity index is 1200. The Morgan fingerprint density at radius 3 is 2.48 bits per heavy atom. The van der Waals surface area contributed by atoms with Crippen LogP contribution in [0.1, 0.15) is 29.2 Å². The summed E-state index contributed by atoms with van der Waals surface area (Å²) in [5, 5.41) is 0. The molecule has 0 saturated carbocycles. The molecule has 4 N–H and O–H groups in total. The fourth-order valence-electron chi connectivity index (χ4n) is 4.55. The Kier molecular flexibility index (Phi) is 4.25. The van der Waals surface area contributed by atoms with Crippen molar-refractivity contribution in [3.8, 4) is 16.9 Å². The van der Waals surface area contributed by atoms with E-state index in [0.717, 1.165) is 27.8 Å². The standard InChI is InChI=1S/C25H24N4O2/c1-15-10-18(12-19(26)11-15)17-8-9-21-20(13-17)25(23(30)29(2)24(27)28-25)14-22(31-21)16-6-4-3-5-7-16/h3-13,22H,14,26H2,1-2H3,(H2,27,28). The number of ether oxygens (including phenoxy) is 1. The molecule has 2 aliphatic heterocycles. The van der Waals surface area contributed by atoms with Crippen molar-refractivity contribution in [2.45, 2.75) is 25.0 Å². The molecule has 2 atom stereocenters. The van der Waals surface area contributed by atoms with Crippen LogP contribution in [0.4, 0.5) is 5.69 Å². The third-order valence-electron chi connectivity index (χ3n) is 6.09. The van der Waals surface area contributed by atoms with Gasteiger partial charge in [0.05, 0.1) is 0 Å². The smallest absolute Gasteiger partial charge is 0.261 e. The van der Waals surface area contributed by atoms with Gasteiger partial charge in [0, 0.05) is 24.7 Å². The van der Waals surface area contributed by atoms with Crippen LogP contribution in [-0.4, -0.2) is 23.8 Å². The minimum atomic E-state index is -1.11. The van der Waals surface area contributed by atoms with Crippen molar-refractivity contribution in [3.63, 3.8) is 0 Å². The highest BCUT2D eigenvalue weighted by Crippen LogP contribution is 2.50. The number of fused-ring (bicyclic) bond motifs is 2. The van der Waals surface area contributed by atoms with Crippen molar-refractivity contribution in [3.05, 3.63) is 83.4 Å². The number of benzene rings is 3. The van der Waals surface area contributed by atoms with Gasteiger partial charge >= 0.3 is 0 Å². The van der Waals surface area contributed by atoms with Crippen LogP contribution in [0.3, 0.4) is 0 Å². The maximum Gasteiger partial charge on any atom is 0.261 e. The van der Waals surface area contributed by atoms with E-state index in [-0.39, 0.29) is 18.0 Å². The van der Waals surface area contributed by atoms with Gasteiger partial charge in [-0.25, -0.2) is 4.99 Å². The van der Waals surface area contributed by atoms with Crippen molar-refractivity contribution >= 4 is 17.6 Å². The van der Waals surface area contributed by atoms with Crippen LogP contribution in [-0.2, 0) is 10.3 Å². The molecule has 0 aromatic heterocycles. The fraction of sp³-hybridized carbons (Fsp3) is 0.200. The highest BCUT2D eigenvalue weighted by molar-refractivity contribution is 6.07. The van der Waals surface area contributed by atoms with Gasteiger partial charge in [-0.05, 0) is 53.4 Å². The van der Waals surface area contributed by atoms with E-state index >= 15 is 0 Å². The van der Waals surface area contributed by atoms with Crippen molar-refractivity contribution < 1.29 is 9.53 Å². The first-order valence-corrected chi connectivity index (χ1v) is 10.2. The molecule has 31 heavy (non-hydrogen) atoms. The lowest BCUT2D eigenvalue weighted by molar-refractivity contribution is -0.132. The van der Waals surface area contributed by atoms with E-state index in [9.17, 15) is 4.79 Å². The quantitative estimate of drug-likeness (QED) is 0.627. The first-order valence-electron chi connectivity index (χ1n) is 10.2. The molecule has 1 amide bonds. The molecule has 5 rings (SSSR count). The van der Waals surface area contributed by atoms with Crippen LogP contribution in [0.2, 0.25) is 0 Å². The number of hydrogen-bond donors (Lipinski definition) is 2. The van der Waals surface area contributed by atoms with Gasteiger partial charge < -0.3 is 16.2 Å². The summed E-state index contributed by atoms with van der Waals surface area (Å²) in [4.78, 5) is 19.6. The van der Waals surface area contributed by atoms with Crippen LogP contribution in [0.5, 0.6) is 5.75 Å². The van der Waals surface area contributed by atoms with Gasteiger partial charge in [0.1, 0.15) is 11.9 Å². The molecular weight excluding hydrogens is 388 g/mol. The van der Waals surface area contributed by atoms with Crippen molar-refractivity contribution in [2.24, 2.45) is 10.7 Å². The molecule has 0 fully saturated rings. The lowest BCUT2D eigenvalue weighted by Crippen LogP contribution is -2.43. The molecule has 0 saturated heterocycles. The number of carbonyl (C=O) groups is 1. The summed E-state index contributed by atoms with van der Waals surface area (Å²) in [6.45, 7) is 2.01. The highest BCUT2D eigenvalue weighted by atomic mass is 16.5. The molecule has 1 spiro atoms. The Balaban J connectivity index is 1.68. The fourth-order valence-corrected chi connectivity index (χ4v) is 4.55. The molecule has 3 aromatic carbocycles. The van der Waals surface area contributed by atoms with Gasteiger partial charge in [0.2, 0.25) is 0 Å². The Labute approximate surface area is 181 Å². The van der Waals surface area contributed by atoms with E-state index in [2.05, 4.69) is 6.07 Å². The number of guanidine groups is 1. The predicted molar refractivity (Wildman–Crippen MR) is 122 cm³/mol. The molecule has 6 nitrogen and oxygen atoms in total. The Hall–Kier alpha value is -3.80. The second-order valence-corrected chi connectivity index (χ2v) is 8.26. The molecule has 2 aliphatic rings. The van der Waals surface area contributed by atoms with E-state index in [1.807, 2.05) is 67.6 Å². The van der Waals surface area contributed by atoms with E-state index in [1.165, 1.54) is 4.90 Å². The number of anilines is 1. The number of likely N-dealkylation sites (N-methyl/N-ethyl adjacent to an activating group) is 1. The molecule has 0 bridgehead atoms. The summed E-state index contributed by atoms with van der Waals surface area (Å²) < 4.78 is 6.36. The molecule has 0 radical (unpaired) electrons. The summed E-state index contributed by atoms with van der Waals surface area (Å²) in [5.41, 5.74) is 16.5. The van der Waals surface area contributed by atoms with E-state index in [1.54, 1.807) is 7.05 Å². The van der Waals surface area contributed by atoms with E-state index in [0.29, 0.717) is 17.9 Å². The lowest BCUT2D eigenvalue weighted by atomic mass is 9.79. The number of amides is 1. The van der Waals surface area contributed by atoms with Crippen LogP contribution >= 0.6 is 0 Å². The highest BCUT2D eigenvalue weighted by Gasteiger charge is 2.53. The summed E-state index contributed by atoms with van der Waals surface area (Å²) in [6.07, 6.45) is 0.0778. The maximum atomic E-state index is 13.4. The van der Waals surface area contributed by atoms with E-state index in [4.69, 9.17) is 21.2 Å². The summed E-state index contributed by atoms with van der Waals surface area (Å²) >= 11 is 0. The minimum Gasteiger partial charge on any atom is -0.485 e. The zero-order chi connectivity index (χ0) is 21.8. The number of rotatable bonds is 2. The zero-order valence-corrected chi connectivity index (χ0v) is 17.5. The van der Waals surface area contributed by atoms with Crippen molar-refractivity contribution in [1.82, 2.24) is 4.90 Å². The second-order valence-electron chi connectivity index (χ2n) is 8.26. The normalized spacial score (nSPS) is 22.3. The largest absolute Gasteiger partial charge is 0.485 e. The number of aliphatic imine (C=N–C) groups is 1. The van der Waals surface area contributed by atoms with Gasteiger partial charge in [-0.1, -0.05) is 42.5 Å². The first kappa shape index (κ1) is 19.2. The lowest BCUT2D eigenvalue weighted by Gasteiger charge is -2.37. The van der Waals surface area contributed by atoms with E-state index < -0.39 is 5.54 Å². The minimum absolute atomic E-state index is 0.142. The second kappa shape index (κ2) is 6.87. The van der Waals surface area contributed by atoms with Gasteiger partial charge in [0.25, 0.3) is 5.91 Å². The third-order valence-corrected chi connectivity index (χ3v) is 6.09. The van der Waals surface area contributed by atoms with Crippen LogP contribution in [0.25, 0.3) is 11.1 Å². The number of nitrogens with two attached hydrogens (primary N) is 2. The number of hydrogen-bond acceptors (Lipinski definition) is 5. The molecule has 2 unspecified atom stereocenters. The predicted octanol–water partition coefficient (Wildman–Crippen LogP) is 3.75. The Morgan fingerprint density at radius 2 is 1.81 bits per heavy atom. The summed E-state index contributed by atoms with van der Waals surface area (Å²) in [7, 11) is 1.66. The maximum absolute atomic E-state index is 13.4. The van der Waals surface area contributed by atoms with Crippen molar-refractivity contribution in [2.75, 3.05) is 12.8 Å². The van der Waals surface area contributed by atoms with Crippen LogP contribution < -0.4 is 16.2 Å². The zero-order valence-electron chi connectivity index (χ0n) is 17.5. The number of nitrogens with zero attached hydrogens (tertiary/aromatic N) is 2. The molecule has 0 aliphatic carbocycles. The number of carbonyl (C=O) groups excluding carboxylic acids is 1. The molecule has 6 heteroatoms. The topological polar surface area (TPSA) is 93.9 Å². The average Bonchev–Trinajstić information content (AvgIpc) is 2.97. The van der Waals surface area contributed by atoms with Crippen molar-refractivity contribution in [1.29, 1.82) is 0 Å². The summed E-state index contributed by atoms with van der Waals surface area (Å²) in [6, 6.07) is 21.7. The molecule has 156 valence electrons. The van der Waals surface area contributed by atoms with Gasteiger partial charge in [-0.2, -0.15) is 0 Å². The number of aryl methyl sites for hydroxylation is 1. The van der Waals surface area contributed by atoms with Gasteiger partial charge in [-0.3, -0.25) is 9.69 Å². The van der Waals surface area contributed by atoms with Crippen LogP contribution in [0, 0.1) is 6.92 Å². The van der Waals surface area contributed by atoms with Gasteiger partial charge in [0.15, 0.2) is 11.5 Å². The number of nitrogen functional groups attached to an aromatic ring is 1. The SMILES string of the molecule is Cc1cc(N)cc(-c2ccc3c(c2)C2(CC(c4ccccc4)O3)N=C(N)N(C)C2=O)c1.